The van der Waals surface area contributed by atoms with Gasteiger partial charge >= 0.3 is 0 Å². The molecule has 3 aromatic rings. The normalized spacial score (nSPS) is 22.9. The Morgan fingerprint density at radius 2 is 1.88 bits per heavy atom. The highest BCUT2D eigenvalue weighted by molar-refractivity contribution is 5.81. The molecule has 6 heteroatoms. The van der Waals surface area contributed by atoms with Crippen molar-refractivity contribution in [2.24, 2.45) is 5.92 Å². The Morgan fingerprint density at radius 3 is 2.66 bits per heavy atom. The van der Waals surface area contributed by atoms with Crippen LogP contribution in [-0.2, 0) is 17.8 Å². The number of aliphatic hydroxyl groups excluding tert-OH is 1. The molecule has 1 aliphatic heterocycles. The van der Waals surface area contributed by atoms with Crippen LogP contribution >= 0.6 is 0 Å². The minimum atomic E-state index is -0.423. The number of hydrogen-bond donors (Lipinski definition) is 2. The molecule has 32 heavy (non-hydrogen) atoms. The minimum Gasteiger partial charge on any atom is -0.391 e. The third-order valence-electron chi connectivity index (χ3n) is 6.75. The zero-order chi connectivity index (χ0) is 21.9. The molecule has 2 aliphatic rings. The van der Waals surface area contributed by atoms with Gasteiger partial charge in [0, 0.05) is 31.2 Å². The maximum atomic E-state index is 13.1. The lowest BCUT2D eigenvalue weighted by molar-refractivity contribution is -0.126. The second-order valence-electron chi connectivity index (χ2n) is 8.99. The Kier molecular flexibility index (Phi) is 5.95. The summed E-state index contributed by atoms with van der Waals surface area (Å²) in [7, 11) is 0. The number of carbonyl (C=O) groups excluding carboxylic acids is 1. The van der Waals surface area contributed by atoms with E-state index in [9.17, 15) is 9.90 Å². The molecule has 0 radical (unpaired) electrons. The lowest BCUT2D eigenvalue weighted by atomic mass is 9.89. The molecule has 3 atom stereocenters. The maximum Gasteiger partial charge on any atom is 0.225 e. The van der Waals surface area contributed by atoms with Gasteiger partial charge in [0.15, 0.2) is 0 Å². The van der Waals surface area contributed by atoms with Crippen molar-refractivity contribution in [1.29, 1.82) is 0 Å². The van der Waals surface area contributed by atoms with Crippen molar-refractivity contribution in [3.63, 3.8) is 0 Å². The highest BCUT2D eigenvalue weighted by Gasteiger charge is 2.32. The van der Waals surface area contributed by atoms with Crippen molar-refractivity contribution in [2.45, 2.75) is 50.8 Å². The number of aliphatic hydroxyl groups is 1. The van der Waals surface area contributed by atoms with Crippen molar-refractivity contribution in [3.05, 3.63) is 78.1 Å². The topological polar surface area (TPSA) is 70.4 Å². The van der Waals surface area contributed by atoms with Crippen LogP contribution in [0.3, 0.4) is 0 Å². The van der Waals surface area contributed by atoms with Gasteiger partial charge < -0.3 is 15.3 Å². The first-order chi connectivity index (χ1) is 15.7. The predicted octanol–water partition coefficient (Wildman–Crippen LogP) is 3.47. The highest BCUT2D eigenvalue weighted by atomic mass is 16.3. The van der Waals surface area contributed by atoms with Crippen molar-refractivity contribution in [1.82, 2.24) is 15.1 Å². The van der Waals surface area contributed by atoms with Crippen LogP contribution in [0.5, 0.6) is 0 Å². The van der Waals surface area contributed by atoms with Gasteiger partial charge in [-0.15, -0.1) is 0 Å². The van der Waals surface area contributed by atoms with Crippen LogP contribution < -0.4 is 10.2 Å². The predicted molar refractivity (Wildman–Crippen MR) is 125 cm³/mol. The minimum absolute atomic E-state index is 0.0597. The smallest absolute Gasteiger partial charge is 0.225 e. The molecule has 1 aromatic heterocycles. The van der Waals surface area contributed by atoms with E-state index >= 15 is 0 Å². The fourth-order valence-corrected chi connectivity index (χ4v) is 4.99. The maximum absolute atomic E-state index is 13.1. The SMILES string of the molecule is O=C(N[C@H]1CCCC[C@@H]1O)C1Cc2ccccc2N(Cc2ccc(-n3cccn3)cc2)C1. The number of amides is 1. The molecule has 2 aromatic carbocycles. The van der Waals surface area contributed by atoms with Gasteiger partial charge in [-0.2, -0.15) is 5.10 Å². The van der Waals surface area contributed by atoms with E-state index in [0.29, 0.717) is 6.54 Å². The Hall–Kier alpha value is -3.12. The molecule has 1 saturated carbocycles. The first-order valence-electron chi connectivity index (χ1n) is 11.6. The van der Waals surface area contributed by atoms with Crippen LogP contribution in [0.4, 0.5) is 5.69 Å². The summed E-state index contributed by atoms with van der Waals surface area (Å²) in [6, 6.07) is 18.6. The molecule has 1 aliphatic carbocycles. The molecule has 2 N–H and O–H groups in total. The third kappa shape index (κ3) is 4.41. The third-order valence-corrected chi connectivity index (χ3v) is 6.75. The van der Waals surface area contributed by atoms with Crippen LogP contribution in [0.25, 0.3) is 5.69 Å². The first-order valence-corrected chi connectivity index (χ1v) is 11.6. The lowest BCUT2D eigenvalue weighted by Gasteiger charge is -2.37. The number of nitrogens with zero attached hydrogens (tertiary/aromatic N) is 3. The first kappa shape index (κ1) is 20.8. The fourth-order valence-electron chi connectivity index (χ4n) is 4.99. The number of fused-ring (bicyclic) bond motifs is 1. The molecule has 1 unspecified atom stereocenters. The standard InChI is InChI=1S/C26H30N4O2/c31-25-9-4-2-7-23(25)28-26(32)21-16-20-6-1-3-8-24(20)29(18-21)17-19-10-12-22(13-11-19)30-15-5-14-27-30/h1,3,5-6,8,10-15,21,23,25,31H,2,4,7,9,16-18H2,(H,28,32)/t21?,23-,25-/m0/s1. The zero-order valence-corrected chi connectivity index (χ0v) is 18.2. The van der Waals surface area contributed by atoms with Crippen LogP contribution in [0.1, 0.15) is 36.8 Å². The Morgan fingerprint density at radius 1 is 1.06 bits per heavy atom. The van der Waals surface area contributed by atoms with Gasteiger partial charge in [-0.3, -0.25) is 4.79 Å². The zero-order valence-electron chi connectivity index (χ0n) is 18.2. The van der Waals surface area contributed by atoms with E-state index in [1.54, 1.807) is 6.20 Å². The lowest BCUT2D eigenvalue weighted by Crippen LogP contribution is -2.50. The fraction of sp³-hybridized carbons (Fsp3) is 0.385. The number of carbonyl (C=O) groups is 1. The number of anilines is 1. The van der Waals surface area contributed by atoms with Crippen molar-refractivity contribution in [2.75, 3.05) is 11.4 Å². The summed E-state index contributed by atoms with van der Waals surface area (Å²) in [5.41, 5.74) is 4.63. The number of aromatic nitrogens is 2. The van der Waals surface area contributed by atoms with Crippen molar-refractivity contribution >= 4 is 11.6 Å². The van der Waals surface area contributed by atoms with Crippen molar-refractivity contribution < 1.29 is 9.90 Å². The molecule has 6 nitrogen and oxygen atoms in total. The molecule has 1 fully saturated rings. The van der Waals surface area contributed by atoms with Gasteiger partial charge in [-0.05, 0) is 54.7 Å². The molecule has 0 spiro atoms. The van der Waals surface area contributed by atoms with E-state index in [2.05, 4.69) is 57.8 Å². The van der Waals surface area contributed by atoms with Crippen LogP contribution in [0.2, 0.25) is 0 Å². The molecule has 1 amide bonds. The van der Waals surface area contributed by atoms with Gasteiger partial charge in [0.05, 0.1) is 23.8 Å². The Bertz CT molecular complexity index is 1050. The quantitative estimate of drug-likeness (QED) is 0.650. The number of hydrogen-bond acceptors (Lipinski definition) is 4. The monoisotopic (exact) mass is 430 g/mol. The number of rotatable bonds is 5. The molecule has 166 valence electrons. The van der Waals surface area contributed by atoms with Crippen LogP contribution in [-0.4, -0.2) is 39.5 Å². The number of para-hydroxylation sites is 1. The summed E-state index contributed by atoms with van der Waals surface area (Å²) in [5, 5.41) is 17.7. The Balaban J connectivity index is 1.31. The molecular weight excluding hydrogens is 400 g/mol. The average molecular weight is 431 g/mol. The van der Waals surface area contributed by atoms with Gasteiger partial charge in [0.2, 0.25) is 5.91 Å². The van der Waals surface area contributed by atoms with E-state index in [0.717, 1.165) is 44.3 Å². The highest BCUT2D eigenvalue weighted by Crippen LogP contribution is 2.31. The van der Waals surface area contributed by atoms with Gasteiger partial charge in [0.25, 0.3) is 0 Å². The molecular formula is C26H30N4O2. The van der Waals surface area contributed by atoms with E-state index in [1.165, 1.54) is 16.8 Å². The second kappa shape index (κ2) is 9.17. The summed E-state index contributed by atoms with van der Waals surface area (Å²) in [6.45, 7) is 1.42. The summed E-state index contributed by atoms with van der Waals surface area (Å²) in [6.07, 6.45) is 7.76. The Labute approximate surface area is 188 Å². The number of nitrogens with one attached hydrogen (secondary N) is 1. The second-order valence-corrected chi connectivity index (χ2v) is 8.99. The van der Waals surface area contributed by atoms with Gasteiger partial charge in [-0.25, -0.2) is 4.68 Å². The van der Waals surface area contributed by atoms with E-state index in [-0.39, 0.29) is 17.9 Å². The van der Waals surface area contributed by atoms with E-state index < -0.39 is 6.10 Å². The number of benzene rings is 2. The van der Waals surface area contributed by atoms with Gasteiger partial charge in [0.1, 0.15) is 0 Å². The largest absolute Gasteiger partial charge is 0.391 e. The molecule has 5 rings (SSSR count). The molecule has 2 heterocycles. The van der Waals surface area contributed by atoms with E-state index in [4.69, 9.17) is 0 Å². The summed E-state index contributed by atoms with van der Waals surface area (Å²) in [5.74, 6) is -0.0631. The summed E-state index contributed by atoms with van der Waals surface area (Å²) < 4.78 is 1.85. The van der Waals surface area contributed by atoms with Gasteiger partial charge in [-0.1, -0.05) is 43.2 Å². The molecule has 0 saturated heterocycles. The average Bonchev–Trinajstić information content (AvgIpc) is 3.36. The van der Waals surface area contributed by atoms with E-state index in [1.807, 2.05) is 23.0 Å². The molecule has 0 bridgehead atoms. The van der Waals surface area contributed by atoms with Crippen LogP contribution in [0, 0.1) is 5.92 Å². The summed E-state index contributed by atoms with van der Waals surface area (Å²) >= 11 is 0. The summed E-state index contributed by atoms with van der Waals surface area (Å²) in [4.78, 5) is 15.4. The van der Waals surface area contributed by atoms with Crippen molar-refractivity contribution in [3.8, 4) is 5.69 Å². The van der Waals surface area contributed by atoms with Crippen LogP contribution in [0.15, 0.2) is 67.0 Å².